The van der Waals surface area contributed by atoms with E-state index in [-0.39, 0.29) is 11.5 Å². The standard InChI is InChI=1S/C24H22N4O2/c1-14-5-8-19(27-23(29)17-7-6-15(2)25-12-17)11-20(14)21-10-18-13-26-16(3)9-22(18)28(4)24(21)30/h5-13H,1-4H3,(H,27,29). The maximum absolute atomic E-state index is 13.1. The van der Waals surface area contributed by atoms with E-state index in [1.165, 1.54) is 0 Å². The van der Waals surface area contributed by atoms with Crippen LogP contribution >= 0.6 is 0 Å². The Balaban J connectivity index is 1.76. The Kier molecular flexibility index (Phi) is 4.91. The fraction of sp³-hybridized carbons (Fsp3) is 0.167. The van der Waals surface area contributed by atoms with Gasteiger partial charge in [-0.2, -0.15) is 0 Å². The number of nitrogens with zero attached hydrogens (tertiary/aromatic N) is 3. The third-order valence-electron chi connectivity index (χ3n) is 5.20. The number of aromatic nitrogens is 3. The summed E-state index contributed by atoms with van der Waals surface area (Å²) in [6, 6.07) is 12.9. The summed E-state index contributed by atoms with van der Waals surface area (Å²) in [5, 5.41) is 3.78. The molecule has 0 saturated carbocycles. The number of carbonyl (C=O) groups excluding carboxylic acids is 1. The number of anilines is 1. The molecule has 1 aromatic carbocycles. The van der Waals surface area contributed by atoms with E-state index in [2.05, 4.69) is 15.3 Å². The van der Waals surface area contributed by atoms with Crippen LogP contribution in [0, 0.1) is 20.8 Å². The number of benzene rings is 1. The van der Waals surface area contributed by atoms with Gasteiger partial charge in [0.1, 0.15) is 0 Å². The molecule has 4 aromatic rings. The Morgan fingerprint density at radius 1 is 0.900 bits per heavy atom. The second-order valence-corrected chi connectivity index (χ2v) is 7.48. The fourth-order valence-corrected chi connectivity index (χ4v) is 3.45. The van der Waals surface area contributed by atoms with Crippen LogP contribution < -0.4 is 10.9 Å². The Labute approximate surface area is 174 Å². The Morgan fingerprint density at radius 3 is 2.40 bits per heavy atom. The van der Waals surface area contributed by atoms with Crippen LogP contribution in [0.2, 0.25) is 0 Å². The lowest BCUT2D eigenvalue weighted by molar-refractivity contribution is 0.102. The van der Waals surface area contributed by atoms with E-state index in [1.807, 2.05) is 51.1 Å². The van der Waals surface area contributed by atoms with Crippen molar-refractivity contribution >= 4 is 22.5 Å². The first-order chi connectivity index (χ1) is 14.3. The number of hydrogen-bond acceptors (Lipinski definition) is 4. The van der Waals surface area contributed by atoms with Gasteiger partial charge >= 0.3 is 0 Å². The van der Waals surface area contributed by atoms with Gasteiger partial charge in [0.25, 0.3) is 11.5 Å². The highest BCUT2D eigenvalue weighted by molar-refractivity contribution is 6.04. The molecular weight excluding hydrogens is 376 g/mol. The smallest absolute Gasteiger partial charge is 0.258 e. The first kappa shape index (κ1) is 19.5. The summed E-state index contributed by atoms with van der Waals surface area (Å²) < 4.78 is 1.64. The number of nitrogens with one attached hydrogen (secondary N) is 1. The third kappa shape index (κ3) is 3.59. The first-order valence-corrected chi connectivity index (χ1v) is 9.65. The maximum atomic E-state index is 13.1. The molecule has 0 aliphatic heterocycles. The van der Waals surface area contributed by atoms with Gasteiger partial charge in [0, 0.05) is 47.5 Å². The van der Waals surface area contributed by atoms with Crippen molar-refractivity contribution in [1.82, 2.24) is 14.5 Å². The van der Waals surface area contributed by atoms with Crippen LogP contribution in [0.3, 0.4) is 0 Å². The molecule has 6 heteroatoms. The van der Waals surface area contributed by atoms with Crippen molar-refractivity contribution in [2.24, 2.45) is 7.05 Å². The van der Waals surface area contributed by atoms with E-state index in [9.17, 15) is 9.59 Å². The lowest BCUT2D eigenvalue weighted by Crippen LogP contribution is -2.19. The Bertz CT molecular complexity index is 1340. The van der Waals surface area contributed by atoms with Gasteiger partial charge in [-0.25, -0.2) is 0 Å². The fourth-order valence-electron chi connectivity index (χ4n) is 3.45. The van der Waals surface area contributed by atoms with Crippen molar-refractivity contribution in [3.05, 3.63) is 87.7 Å². The highest BCUT2D eigenvalue weighted by Gasteiger charge is 2.14. The van der Waals surface area contributed by atoms with Crippen LogP contribution in [0.15, 0.2) is 59.7 Å². The lowest BCUT2D eigenvalue weighted by atomic mass is 9.99. The van der Waals surface area contributed by atoms with Crippen LogP contribution in [0.4, 0.5) is 5.69 Å². The largest absolute Gasteiger partial charge is 0.322 e. The summed E-state index contributed by atoms with van der Waals surface area (Å²) in [6.07, 6.45) is 3.33. The van der Waals surface area contributed by atoms with Gasteiger partial charge in [-0.15, -0.1) is 0 Å². The molecule has 0 spiro atoms. The van der Waals surface area contributed by atoms with Gasteiger partial charge in [0.15, 0.2) is 0 Å². The van der Waals surface area contributed by atoms with Gasteiger partial charge in [0.05, 0.1) is 11.1 Å². The molecule has 0 saturated heterocycles. The second-order valence-electron chi connectivity index (χ2n) is 7.48. The SMILES string of the molecule is Cc1ccc(C(=O)Nc2ccc(C)c(-c3cc4cnc(C)cc4n(C)c3=O)c2)cn1. The molecule has 30 heavy (non-hydrogen) atoms. The summed E-state index contributed by atoms with van der Waals surface area (Å²) >= 11 is 0. The summed E-state index contributed by atoms with van der Waals surface area (Å²) in [7, 11) is 1.76. The highest BCUT2D eigenvalue weighted by atomic mass is 16.1. The predicted molar refractivity (Wildman–Crippen MR) is 119 cm³/mol. The van der Waals surface area contributed by atoms with Crippen molar-refractivity contribution < 1.29 is 4.79 Å². The zero-order valence-electron chi connectivity index (χ0n) is 17.4. The normalized spacial score (nSPS) is 10.9. The molecule has 3 heterocycles. The monoisotopic (exact) mass is 398 g/mol. The third-order valence-corrected chi connectivity index (χ3v) is 5.20. The van der Waals surface area contributed by atoms with E-state index in [1.54, 1.807) is 36.1 Å². The molecule has 1 N–H and O–H groups in total. The number of fused-ring (bicyclic) bond motifs is 1. The summed E-state index contributed by atoms with van der Waals surface area (Å²) in [5.41, 5.74) is 5.84. The van der Waals surface area contributed by atoms with Gasteiger partial charge in [-0.1, -0.05) is 6.07 Å². The van der Waals surface area contributed by atoms with E-state index >= 15 is 0 Å². The molecule has 0 radical (unpaired) electrons. The molecule has 0 unspecified atom stereocenters. The van der Waals surface area contributed by atoms with Gasteiger partial charge in [-0.3, -0.25) is 19.6 Å². The van der Waals surface area contributed by atoms with E-state index in [0.29, 0.717) is 16.8 Å². The molecule has 0 aliphatic rings. The number of amides is 1. The van der Waals surface area contributed by atoms with Crippen LogP contribution in [-0.4, -0.2) is 20.4 Å². The minimum atomic E-state index is -0.247. The second kappa shape index (κ2) is 7.55. The van der Waals surface area contributed by atoms with Gasteiger partial charge in [-0.05, 0) is 68.3 Å². The minimum Gasteiger partial charge on any atom is -0.322 e. The van der Waals surface area contributed by atoms with Crippen molar-refractivity contribution in [3.8, 4) is 11.1 Å². The van der Waals surface area contributed by atoms with Gasteiger partial charge < -0.3 is 9.88 Å². The zero-order chi connectivity index (χ0) is 21.4. The van der Waals surface area contributed by atoms with Crippen molar-refractivity contribution in [2.45, 2.75) is 20.8 Å². The predicted octanol–water partition coefficient (Wildman–Crippen LogP) is 4.17. The van der Waals surface area contributed by atoms with E-state index in [0.717, 1.165) is 33.4 Å². The van der Waals surface area contributed by atoms with Crippen LogP contribution in [0.1, 0.15) is 27.3 Å². The molecule has 150 valence electrons. The van der Waals surface area contributed by atoms with Crippen LogP contribution in [0.5, 0.6) is 0 Å². The number of rotatable bonds is 3. The average molecular weight is 398 g/mol. The molecule has 0 atom stereocenters. The Hall–Kier alpha value is -3.80. The van der Waals surface area contributed by atoms with E-state index < -0.39 is 0 Å². The number of carbonyl (C=O) groups is 1. The first-order valence-electron chi connectivity index (χ1n) is 9.65. The van der Waals surface area contributed by atoms with Crippen LogP contribution in [-0.2, 0) is 7.05 Å². The summed E-state index contributed by atoms with van der Waals surface area (Å²) in [6.45, 7) is 5.72. The number of aryl methyl sites for hydroxylation is 4. The highest BCUT2D eigenvalue weighted by Crippen LogP contribution is 2.27. The van der Waals surface area contributed by atoms with Crippen LogP contribution in [0.25, 0.3) is 22.0 Å². The van der Waals surface area contributed by atoms with Crippen molar-refractivity contribution in [3.63, 3.8) is 0 Å². The quantitative estimate of drug-likeness (QED) is 0.562. The lowest BCUT2D eigenvalue weighted by Gasteiger charge is -2.13. The Morgan fingerprint density at radius 2 is 1.67 bits per heavy atom. The van der Waals surface area contributed by atoms with Gasteiger partial charge in [0.2, 0.25) is 0 Å². The van der Waals surface area contributed by atoms with Crippen molar-refractivity contribution in [2.75, 3.05) is 5.32 Å². The minimum absolute atomic E-state index is 0.0950. The van der Waals surface area contributed by atoms with Crippen molar-refractivity contribution in [1.29, 1.82) is 0 Å². The molecule has 6 nitrogen and oxygen atoms in total. The molecular formula is C24H22N4O2. The topological polar surface area (TPSA) is 76.9 Å². The molecule has 0 bridgehead atoms. The molecule has 3 aromatic heterocycles. The number of pyridine rings is 3. The number of hydrogen-bond donors (Lipinski definition) is 1. The summed E-state index contributed by atoms with van der Waals surface area (Å²) in [5.74, 6) is -0.247. The molecule has 4 rings (SSSR count). The summed E-state index contributed by atoms with van der Waals surface area (Å²) in [4.78, 5) is 34.2. The van der Waals surface area contributed by atoms with E-state index in [4.69, 9.17) is 0 Å². The average Bonchev–Trinajstić information content (AvgIpc) is 2.73. The molecule has 0 aliphatic carbocycles. The molecule has 0 fully saturated rings. The zero-order valence-corrected chi connectivity index (χ0v) is 17.4. The molecule has 1 amide bonds. The maximum Gasteiger partial charge on any atom is 0.258 e.